The number of amides is 1. The lowest BCUT2D eigenvalue weighted by Gasteiger charge is -2.27. The van der Waals surface area contributed by atoms with Crippen LogP contribution in [-0.4, -0.2) is 86.4 Å². The lowest BCUT2D eigenvalue weighted by Crippen LogP contribution is -2.35. The Morgan fingerprint density at radius 1 is 0.597 bits per heavy atom. The highest BCUT2D eigenvalue weighted by Crippen LogP contribution is 2.34. The molecule has 1 atom stereocenters. The summed E-state index contributed by atoms with van der Waals surface area (Å²) in [4.78, 5) is 66.9. The molecular formula is C56H102N2O8S. The van der Waals surface area contributed by atoms with Crippen molar-refractivity contribution >= 4 is 40.9 Å². The van der Waals surface area contributed by atoms with Crippen LogP contribution in [-0.2, 0) is 46.4 Å². The topological polar surface area (TPSA) is 120 Å². The molecule has 0 radical (unpaired) electrons. The maximum Gasteiger partial charge on any atom is 0.339 e. The molecular weight excluding hydrogens is 861 g/mol. The highest BCUT2D eigenvalue weighted by atomic mass is 32.1. The van der Waals surface area contributed by atoms with Crippen molar-refractivity contribution in [1.29, 1.82) is 0 Å². The van der Waals surface area contributed by atoms with Crippen LogP contribution in [0, 0.1) is 12.8 Å². The van der Waals surface area contributed by atoms with Gasteiger partial charge in [-0.2, -0.15) is 0 Å². The molecule has 0 saturated heterocycles. The number of aryl methyl sites for hydroxylation is 1. The zero-order valence-corrected chi connectivity index (χ0v) is 45.6. The molecule has 1 aromatic rings. The normalized spacial score (nSPS) is 12.4. The first kappa shape index (κ1) is 64.2. The Hall–Kier alpha value is -2.79. The maximum absolute atomic E-state index is 13.0. The molecule has 2 rings (SSSR count). The number of thiophene rings is 1. The number of rotatable bonds is 39. The molecule has 2 heterocycles. The van der Waals surface area contributed by atoms with Crippen molar-refractivity contribution < 1.29 is 38.2 Å². The molecule has 0 bridgehead atoms. The number of unbranched alkanes of at least 4 members (excludes halogenated alkanes) is 19. The van der Waals surface area contributed by atoms with Gasteiger partial charge in [-0.3, -0.25) is 14.4 Å². The van der Waals surface area contributed by atoms with Gasteiger partial charge in [-0.1, -0.05) is 150 Å². The first-order valence-electron chi connectivity index (χ1n) is 27.5. The van der Waals surface area contributed by atoms with Crippen LogP contribution in [0.25, 0.3) is 0 Å². The van der Waals surface area contributed by atoms with E-state index in [4.69, 9.17) is 14.2 Å². The van der Waals surface area contributed by atoms with Crippen molar-refractivity contribution in [3.8, 4) is 0 Å². The number of hydrogen-bond acceptors (Lipinski definition) is 10. The predicted molar refractivity (Wildman–Crippen MR) is 280 cm³/mol. The summed E-state index contributed by atoms with van der Waals surface area (Å²) in [7, 11) is 4.02. The van der Waals surface area contributed by atoms with E-state index in [-0.39, 0.29) is 35.5 Å². The van der Waals surface area contributed by atoms with Gasteiger partial charge in [0.1, 0.15) is 5.78 Å². The molecule has 0 spiro atoms. The minimum atomic E-state index is -0.232. The number of fused-ring (bicyclic) bond motifs is 1. The van der Waals surface area contributed by atoms with E-state index in [9.17, 15) is 24.0 Å². The first-order chi connectivity index (χ1) is 32.4. The van der Waals surface area contributed by atoms with Crippen LogP contribution in [0.15, 0.2) is 0 Å². The zero-order chi connectivity index (χ0) is 49.9. The second-order valence-corrected chi connectivity index (χ2v) is 20.1. The summed E-state index contributed by atoms with van der Waals surface area (Å²) in [6, 6.07) is 0. The van der Waals surface area contributed by atoms with Gasteiger partial charge in [-0.15, -0.1) is 11.3 Å². The molecule has 1 aliphatic rings. The summed E-state index contributed by atoms with van der Waals surface area (Å²) in [6.45, 7) is 17.8. The summed E-state index contributed by atoms with van der Waals surface area (Å²) >= 11 is 1.61. The van der Waals surface area contributed by atoms with E-state index in [1.807, 2.05) is 39.8 Å². The smallest absolute Gasteiger partial charge is 0.339 e. The van der Waals surface area contributed by atoms with Gasteiger partial charge in [0.2, 0.25) is 5.91 Å². The van der Waals surface area contributed by atoms with Crippen LogP contribution in [0.2, 0.25) is 0 Å². The first-order valence-corrected chi connectivity index (χ1v) is 28.3. The van der Waals surface area contributed by atoms with Gasteiger partial charge in [0.15, 0.2) is 0 Å². The molecule has 0 N–H and O–H groups in total. The SMILES string of the molecule is CC.CCCCCCCCC(CCCCCC)C(=O)OCCCCCC(=O)N1CCc2c(sc(C)c2C(=O)OCCCN(C)C)C1.CCCCCCCCCCCOC(=O)CCCCC(C)=O. The third-order valence-electron chi connectivity index (χ3n) is 12.4. The molecule has 0 fully saturated rings. The lowest BCUT2D eigenvalue weighted by atomic mass is 9.94. The van der Waals surface area contributed by atoms with Gasteiger partial charge in [-0.05, 0) is 97.7 Å². The number of carbonyl (C=O) groups excluding carboxylic acids is 5. The van der Waals surface area contributed by atoms with Crippen LogP contribution in [0.4, 0.5) is 0 Å². The molecule has 1 unspecified atom stereocenters. The Kier molecular flexibility index (Phi) is 42.6. The molecule has 0 saturated carbocycles. The van der Waals surface area contributed by atoms with Crippen molar-refractivity contribution in [2.45, 2.75) is 254 Å². The summed E-state index contributed by atoms with van der Waals surface area (Å²) in [6.07, 6.45) is 32.6. The number of hydrogen-bond donors (Lipinski definition) is 0. The molecule has 0 aliphatic carbocycles. The van der Waals surface area contributed by atoms with Gasteiger partial charge >= 0.3 is 17.9 Å². The Morgan fingerprint density at radius 2 is 1.07 bits per heavy atom. The van der Waals surface area contributed by atoms with Crippen LogP contribution < -0.4 is 0 Å². The second kappa shape index (κ2) is 44.4. The Labute approximate surface area is 415 Å². The van der Waals surface area contributed by atoms with Crippen LogP contribution >= 0.6 is 11.3 Å². The Balaban J connectivity index is 0.00000159. The highest BCUT2D eigenvalue weighted by molar-refractivity contribution is 7.12. The Bertz CT molecular complexity index is 1410. The summed E-state index contributed by atoms with van der Waals surface area (Å²) in [5, 5.41) is 0. The van der Waals surface area contributed by atoms with E-state index in [2.05, 4.69) is 25.7 Å². The second-order valence-electron chi connectivity index (χ2n) is 18.8. The van der Waals surface area contributed by atoms with Crippen LogP contribution in [0.3, 0.4) is 0 Å². The number of nitrogens with zero attached hydrogens (tertiary/aromatic N) is 2. The fourth-order valence-electron chi connectivity index (χ4n) is 8.32. The van der Waals surface area contributed by atoms with Crippen LogP contribution in [0.1, 0.15) is 260 Å². The minimum Gasteiger partial charge on any atom is -0.466 e. The molecule has 1 aromatic heterocycles. The average Bonchev–Trinajstić information content (AvgIpc) is 3.65. The zero-order valence-electron chi connectivity index (χ0n) is 44.8. The largest absolute Gasteiger partial charge is 0.466 e. The quantitative estimate of drug-likeness (QED) is 0.0361. The van der Waals surface area contributed by atoms with Gasteiger partial charge in [0.05, 0.1) is 37.8 Å². The number of ketones is 1. The Morgan fingerprint density at radius 3 is 1.64 bits per heavy atom. The van der Waals surface area contributed by atoms with Gasteiger partial charge < -0.3 is 28.8 Å². The molecule has 0 aromatic carbocycles. The molecule has 1 aliphatic heterocycles. The van der Waals surface area contributed by atoms with E-state index < -0.39 is 0 Å². The van der Waals surface area contributed by atoms with E-state index >= 15 is 0 Å². The van der Waals surface area contributed by atoms with E-state index in [1.54, 1.807) is 18.3 Å². The summed E-state index contributed by atoms with van der Waals surface area (Å²) in [5.41, 5.74) is 1.78. The predicted octanol–water partition coefficient (Wildman–Crippen LogP) is 14.7. The summed E-state index contributed by atoms with van der Waals surface area (Å²) in [5.74, 6) is 0.0338. The van der Waals surface area contributed by atoms with E-state index in [0.717, 1.165) is 98.9 Å². The third kappa shape index (κ3) is 34.2. The maximum atomic E-state index is 13.0. The average molecular weight is 964 g/mol. The molecule has 1 amide bonds. The number of Topliss-reactive ketones (excluding diaryl/α,β-unsaturated/α-hetero) is 1. The van der Waals surface area contributed by atoms with E-state index in [0.29, 0.717) is 64.2 Å². The highest BCUT2D eigenvalue weighted by Gasteiger charge is 2.29. The van der Waals surface area contributed by atoms with Crippen molar-refractivity contribution in [2.24, 2.45) is 5.92 Å². The van der Waals surface area contributed by atoms with Gasteiger partial charge in [-0.25, -0.2) is 4.79 Å². The number of ether oxygens (including phenoxy) is 3. The summed E-state index contributed by atoms with van der Waals surface area (Å²) < 4.78 is 16.5. The number of esters is 3. The fraction of sp³-hybridized carbons (Fsp3) is 0.839. The third-order valence-corrected chi connectivity index (χ3v) is 13.5. The molecule has 390 valence electrons. The molecule has 10 nitrogen and oxygen atoms in total. The van der Waals surface area contributed by atoms with Crippen molar-refractivity contribution in [3.05, 3.63) is 20.9 Å². The van der Waals surface area contributed by atoms with Crippen molar-refractivity contribution in [1.82, 2.24) is 9.80 Å². The fourth-order valence-corrected chi connectivity index (χ4v) is 9.55. The molecule has 67 heavy (non-hydrogen) atoms. The van der Waals surface area contributed by atoms with Gasteiger partial charge in [0.25, 0.3) is 0 Å². The van der Waals surface area contributed by atoms with E-state index in [1.165, 1.54) is 96.3 Å². The minimum absolute atomic E-state index is 0.0155. The van der Waals surface area contributed by atoms with Crippen LogP contribution in [0.5, 0.6) is 0 Å². The monoisotopic (exact) mass is 963 g/mol. The number of carbonyl (C=O) groups is 5. The standard InChI is InChI=1S/C36H62N2O5S.C18H34O3.C2H6/c1-6-8-10-12-13-16-21-30(20-15-11-9-7-2)35(40)42-26-18-14-17-22-33(39)38-25-23-31-32(28-38)44-29(3)34(31)36(41)43-27-19-24-37(4)5;1-3-4-5-6-7-8-9-10-13-16-21-18(20)15-12-11-14-17(2)19;1-2/h30H,6-28H2,1-5H3;3-16H2,1-2H3;1-2H3. The molecule has 11 heteroatoms. The van der Waals surface area contributed by atoms with Gasteiger partial charge in [0, 0.05) is 42.1 Å². The van der Waals surface area contributed by atoms with Crippen molar-refractivity contribution in [2.75, 3.05) is 47.0 Å². The lowest BCUT2D eigenvalue weighted by molar-refractivity contribution is -0.149. The van der Waals surface area contributed by atoms with Crippen molar-refractivity contribution in [3.63, 3.8) is 0 Å².